The molecule has 1 saturated carbocycles. The Morgan fingerprint density at radius 3 is 2.45 bits per heavy atom. The fourth-order valence-corrected chi connectivity index (χ4v) is 3.53. The molecule has 5 heteroatoms. The molecule has 1 aromatic carbocycles. The number of fused-ring (bicyclic) bond motifs is 2. The van der Waals surface area contributed by atoms with Gasteiger partial charge in [-0.05, 0) is 30.9 Å². The number of aromatic nitrogens is 2. The largest absolute Gasteiger partial charge is 0.323 e. The minimum absolute atomic E-state index is 0.0941. The number of hydrogen-bond acceptors (Lipinski definition) is 3. The number of amides is 2. The Bertz CT molecular complexity index is 664. The van der Waals surface area contributed by atoms with Crippen LogP contribution in [0.3, 0.4) is 0 Å². The Kier molecular flexibility index (Phi) is 2.28. The lowest BCUT2D eigenvalue weighted by Crippen LogP contribution is -2.33. The first-order chi connectivity index (χ1) is 9.65. The van der Waals surface area contributed by atoms with Crippen LogP contribution < -0.4 is 4.90 Å². The van der Waals surface area contributed by atoms with Gasteiger partial charge in [-0.2, -0.15) is 0 Å². The summed E-state index contributed by atoms with van der Waals surface area (Å²) in [6, 6.07) is 7.54. The maximum Gasteiger partial charge on any atom is 0.240 e. The number of anilines is 1. The third-order valence-corrected chi connectivity index (χ3v) is 4.46. The summed E-state index contributed by atoms with van der Waals surface area (Å²) in [5, 5.41) is 0. The Morgan fingerprint density at radius 1 is 1.15 bits per heavy atom. The van der Waals surface area contributed by atoms with Crippen LogP contribution in [0.25, 0.3) is 11.0 Å². The van der Waals surface area contributed by atoms with Crippen LogP contribution >= 0.6 is 0 Å². The van der Waals surface area contributed by atoms with Gasteiger partial charge in [0.25, 0.3) is 0 Å². The number of nitrogens with zero attached hydrogens (tertiary/aromatic N) is 2. The molecule has 5 nitrogen and oxygen atoms in total. The molecule has 2 unspecified atom stereocenters. The van der Waals surface area contributed by atoms with Crippen LogP contribution in [0.2, 0.25) is 0 Å². The van der Waals surface area contributed by atoms with Crippen LogP contribution in [0.15, 0.2) is 24.3 Å². The summed E-state index contributed by atoms with van der Waals surface area (Å²) in [4.78, 5) is 33.6. The van der Waals surface area contributed by atoms with E-state index < -0.39 is 0 Å². The Hall–Kier alpha value is -2.17. The second-order valence-corrected chi connectivity index (χ2v) is 5.88. The molecular formula is C15H15N3O2. The van der Waals surface area contributed by atoms with Crippen LogP contribution in [-0.2, 0) is 9.59 Å². The standard InChI is InChI=1S/C15H15N3O2/c1-8-6-9-10(7-8)14(20)18(13(9)19)15-16-11-4-2-3-5-12(11)17-15/h2-5,8-10H,6-7H2,1H3,(H,16,17). The monoisotopic (exact) mass is 269 g/mol. The van der Waals surface area contributed by atoms with E-state index in [0.29, 0.717) is 11.9 Å². The van der Waals surface area contributed by atoms with Crippen LogP contribution in [0.1, 0.15) is 19.8 Å². The number of benzene rings is 1. The molecule has 2 aliphatic rings. The highest BCUT2D eigenvalue weighted by Crippen LogP contribution is 2.43. The number of nitrogens with one attached hydrogen (secondary N) is 1. The van der Waals surface area contributed by atoms with Gasteiger partial charge in [0.2, 0.25) is 17.8 Å². The van der Waals surface area contributed by atoms with E-state index in [9.17, 15) is 9.59 Å². The fraction of sp³-hybridized carbons (Fsp3) is 0.400. The molecule has 4 rings (SSSR count). The van der Waals surface area contributed by atoms with Crippen molar-refractivity contribution in [3.63, 3.8) is 0 Å². The molecule has 2 fully saturated rings. The molecule has 20 heavy (non-hydrogen) atoms. The van der Waals surface area contributed by atoms with Gasteiger partial charge in [0.1, 0.15) is 0 Å². The molecule has 1 aromatic heterocycles. The summed E-state index contributed by atoms with van der Waals surface area (Å²) in [5.41, 5.74) is 1.61. The number of para-hydroxylation sites is 2. The first-order valence-corrected chi connectivity index (χ1v) is 6.97. The topological polar surface area (TPSA) is 66.1 Å². The van der Waals surface area contributed by atoms with E-state index in [1.807, 2.05) is 24.3 Å². The van der Waals surface area contributed by atoms with Crippen molar-refractivity contribution in [3.8, 4) is 0 Å². The van der Waals surface area contributed by atoms with Crippen molar-refractivity contribution >= 4 is 28.8 Å². The highest BCUT2D eigenvalue weighted by Gasteiger charge is 2.53. The summed E-state index contributed by atoms with van der Waals surface area (Å²) in [6.07, 6.45) is 1.62. The van der Waals surface area contributed by atoms with E-state index in [2.05, 4.69) is 16.9 Å². The van der Waals surface area contributed by atoms with Gasteiger partial charge in [0, 0.05) is 0 Å². The highest BCUT2D eigenvalue weighted by atomic mass is 16.2. The zero-order valence-corrected chi connectivity index (χ0v) is 11.2. The summed E-state index contributed by atoms with van der Waals surface area (Å²) in [6.45, 7) is 2.10. The second-order valence-electron chi connectivity index (χ2n) is 5.88. The molecule has 0 spiro atoms. The number of H-pyrrole nitrogens is 1. The molecule has 1 saturated heterocycles. The lowest BCUT2D eigenvalue weighted by molar-refractivity contribution is -0.123. The molecule has 1 aliphatic heterocycles. The Balaban J connectivity index is 1.76. The van der Waals surface area contributed by atoms with Crippen molar-refractivity contribution < 1.29 is 9.59 Å². The zero-order valence-electron chi connectivity index (χ0n) is 11.2. The molecule has 1 aliphatic carbocycles. The van der Waals surface area contributed by atoms with Gasteiger partial charge in [-0.15, -0.1) is 0 Å². The van der Waals surface area contributed by atoms with E-state index in [1.165, 1.54) is 4.90 Å². The third-order valence-electron chi connectivity index (χ3n) is 4.46. The number of imide groups is 1. The second kappa shape index (κ2) is 3.91. The Morgan fingerprint density at radius 2 is 1.80 bits per heavy atom. The summed E-state index contributed by atoms with van der Waals surface area (Å²) in [5.74, 6) is 0.335. The van der Waals surface area contributed by atoms with Crippen LogP contribution in [0, 0.1) is 17.8 Å². The average molecular weight is 269 g/mol. The normalized spacial score (nSPS) is 29.4. The van der Waals surface area contributed by atoms with Crippen molar-refractivity contribution in [2.75, 3.05) is 4.90 Å². The van der Waals surface area contributed by atoms with Gasteiger partial charge < -0.3 is 4.98 Å². The maximum absolute atomic E-state index is 12.5. The minimum Gasteiger partial charge on any atom is -0.323 e. The van der Waals surface area contributed by atoms with Crippen molar-refractivity contribution in [1.82, 2.24) is 9.97 Å². The molecule has 1 N–H and O–H groups in total. The SMILES string of the molecule is CC1CC2C(=O)N(c3nc4ccccc4[nH]3)C(=O)C2C1. The highest BCUT2D eigenvalue weighted by molar-refractivity contribution is 6.21. The predicted molar refractivity (Wildman–Crippen MR) is 74.0 cm³/mol. The minimum atomic E-state index is -0.147. The molecule has 2 heterocycles. The van der Waals surface area contributed by atoms with E-state index >= 15 is 0 Å². The lowest BCUT2D eigenvalue weighted by atomic mass is 10.00. The van der Waals surface area contributed by atoms with Gasteiger partial charge in [-0.3, -0.25) is 9.59 Å². The van der Waals surface area contributed by atoms with Crippen molar-refractivity contribution in [2.45, 2.75) is 19.8 Å². The molecular weight excluding hydrogens is 254 g/mol. The van der Waals surface area contributed by atoms with E-state index in [-0.39, 0.29) is 23.7 Å². The number of rotatable bonds is 1. The smallest absolute Gasteiger partial charge is 0.240 e. The number of carbonyl (C=O) groups is 2. The van der Waals surface area contributed by atoms with E-state index in [0.717, 1.165) is 23.9 Å². The van der Waals surface area contributed by atoms with Gasteiger partial charge in [0.15, 0.2) is 0 Å². The average Bonchev–Trinajstić information content (AvgIpc) is 3.06. The van der Waals surface area contributed by atoms with E-state index in [1.54, 1.807) is 0 Å². The van der Waals surface area contributed by atoms with Gasteiger partial charge in [-0.1, -0.05) is 19.1 Å². The van der Waals surface area contributed by atoms with Crippen LogP contribution in [0.5, 0.6) is 0 Å². The molecule has 2 amide bonds. The number of hydrogen-bond donors (Lipinski definition) is 1. The summed E-state index contributed by atoms with van der Waals surface area (Å²) in [7, 11) is 0. The predicted octanol–water partition coefficient (Wildman–Crippen LogP) is 2.10. The molecule has 102 valence electrons. The van der Waals surface area contributed by atoms with Crippen LogP contribution in [-0.4, -0.2) is 21.8 Å². The molecule has 0 bridgehead atoms. The lowest BCUT2D eigenvalue weighted by Gasteiger charge is -2.13. The fourth-order valence-electron chi connectivity index (χ4n) is 3.53. The van der Waals surface area contributed by atoms with Gasteiger partial charge in [0.05, 0.1) is 22.9 Å². The van der Waals surface area contributed by atoms with Crippen molar-refractivity contribution in [1.29, 1.82) is 0 Å². The summed E-state index contributed by atoms with van der Waals surface area (Å²) < 4.78 is 0. The maximum atomic E-state index is 12.5. The Labute approximate surface area is 116 Å². The molecule has 2 atom stereocenters. The van der Waals surface area contributed by atoms with Crippen LogP contribution in [0.4, 0.5) is 5.95 Å². The summed E-state index contributed by atoms with van der Waals surface area (Å²) >= 11 is 0. The number of imidazole rings is 1. The van der Waals surface area contributed by atoms with Gasteiger partial charge in [-0.25, -0.2) is 9.88 Å². The number of aromatic amines is 1. The number of carbonyl (C=O) groups excluding carboxylic acids is 2. The van der Waals surface area contributed by atoms with Crippen molar-refractivity contribution in [3.05, 3.63) is 24.3 Å². The van der Waals surface area contributed by atoms with Crippen molar-refractivity contribution in [2.24, 2.45) is 17.8 Å². The van der Waals surface area contributed by atoms with E-state index in [4.69, 9.17) is 0 Å². The third kappa shape index (κ3) is 1.46. The first kappa shape index (κ1) is 11.6. The molecule has 0 radical (unpaired) electrons. The van der Waals surface area contributed by atoms with Gasteiger partial charge >= 0.3 is 0 Å². The quantitative estimate of drug-likeness (QED) is 0.806. The first-order valence-electron chi connectivity index (χ1n) is 6.97. The zero-order chi connectivity index (χ0) is 13.9. The molecule has 2 aromatic rings.